The van der Waals surface area contributed by atoms with E-state index in [1.54, 1.807) is 0 Å². The predicted molar refractivity (Wildman–Crippen MR) is 548 cm³/mol. The monoisotopic (exact) mass is 1700 g/mol. The fourth-order valence-electron chi connectivity index (χ4n) is 20.0. The molecule has 0 saturated heterocycles. The first-order valence-corrected chi connectivity index (χ1v) is 44.7. The number of hydrogen-bond acceptors (Lipinski definition) is 10. The minimum absolute atomic E-state index is 0.579. The molecule has 28 rings (SSSR count). The average molecular weight is 1700 g/mol. The van der Waals surface area contributed by atoms with Gasteiger partial charge in [-0.15, -0.1) is 0 Å². The molecule has 0 radical (unpaired) electrons. The second-order valence-electron chi connectivity index (χ2n) is 33.7. The average Bonchev–Trinajstić information content (AvgIpc) is 1.58. The van der Waals surface area contributed by atoms with Crippen LogP contribution in [0.1, 0.15) is 0 Å². The Hall–Kier alpha value is -18.2. The van der Waals surface area contributed by atoms with Gasteiger partial charge in [0.2, 0.25) is 0 Å². The molecule has 0 spiro atoms. The van der Waals surface area contributed by atoms with Gasteiger partial charge in [0.25, 0.3) is 0 Å². The number of benzene rings is 20. The summed E-state index contributed by atoms with van der Waals surface area (Å²) in [6, 6.07) is 148. The normalized spacial score (nSPS) is 11.8. The second-order valence-corrected chi connectivity index (χ2v) is 33.7. The largest absolute Gasteiger partial charge is 0.294 e. The van der Waals surface area contributed by atoms with E-state index in [4.69, 9.17) is 49.8 Å². The summed E-state index contributed by atoms with van der Waals surface area (Å²) in [6.07, 6.45) is 5.68. The van der Waals surface area contributed by atoms with Gasteiger partial charge in [-0.2, -0.15) is 0 Å². The minimum atomic E-state index is 0.579. The Labute approximate surface area is 760 Å². The first-order chi connectivity index (χ1) is 66.0. The van der Waals surface area contributed by atoms with Gasteiger partial charge in [0, 0.05) is 88.9 Å². The molecule has 8 heterocycles. The Morgan fingerprint density at radius 3 is 0.714 bits per heavy atom. The van der Waals surface area contributed by atoms with Gasteiger partial charge in [-0.25, -0.2) is 44.9 Å². The summed E-state index contributed by atoms with van der Waals surface area (Å²) in [5.41, 5.74) is 14.0. The number of pyridine rings is 2. The molecule has 0 unspecified atom stereocenters. The molecule has 133 heavy (non-hydrogen) atoms. The summed E-state index contributed by atoms with van der Waals surface area (Å²) in [5, 5.41) is 29.2. The molecule has 0 bridgehead atoms. The summed E-state index contributed by atoms with van der Waals surface area (Å²) >= 11 is 0. The number of rotatable bonds is 9. The molecular weight excluding hydrogens is 1620 g/mol. The van der Waals surface area contributed by atoms with Gasteiger partial charge in [0.15, 0.2) is 40.8 Å². The number of hydrogen-bond donors (Lipinski definition) is 0. The summed E-state index contributed by atoms with van der Waals surface area (Å²) in [7, 11) is 0. The first kappa shape index (κ1) is 76.1. The Morgan fingerprint density at radius 1 is 0.143 bits per heavy atom. The summed E-state index contributed by atoms with van der Waals surface area (Å²) in [4.78, 5) is 50.0. The SMILES string of the molecule is c1ccc(-c2nc(-c3ccc(-n4c5ccc6ccccc6c5c5c6ccccc6ccc54)nc3)nc(-c3ccc4ccccc4c3)n2)cc1.c1ccc(-c2nc(-c3ccccc3)nc(-c3ccc(-n4c5ccc6ccccc6c5c5c6ccccc6ccc54)nc3)n2)cc1.c1ccc2c(c1)ccc1c2c2c3ccccc3ccc2n1-c1cnc2c3ccccc3c3ccccc3c2n1. The lowest BCUT2D eigenvalue weighted by Gasteiger charge is -2.12. The van der Waals surface area contributed by atoms with Crippen LogP contribution < -0.4 is 0 Å². The van der Waals surface area contributed by atoms with Crippen LogP contribution >= 0.6 is 0 Å². The molecule has 13 heteroatoms. The zero-order chi connectivity index (χ0) is 87.6. The van der Waals surface area contributed by atoms with Gasteiger partial charge >= 0.3 is 0 Å². The van der Waals surface area contributed by atoms with E-state index in [-0.39, 0.29) is 0 Å². The van der Waals surface area contributed by atoms with Crippen molar-refractivity contribution in [1.29, 1.82) is 0 Å². The molecule has 0 atom stereocenters. The smallest absolute Gasteiger partial charge is 0.165 e. The van der Waals surface area contributed by atoms with Crippen LogP contribution in [0.25, 0.3) is 259 Å². The van der Waals surface area contributed by atoms with Crippen LogP contribution in [0, 0.1) is 0 Å². The van der Waals surface area contributed by atoms with Gasteiger partial charge in [-0.05, 0) is 153 Å². The molecule has 0 aliphatic rings. The standard InChI is InChI=1S/C44H27N5.C40H25N5.C36H21N3/c1-2-13-31(14-3-1)42-46-43(33-19-18-28-10-4-5-15-32(28)26-33)48-44(47-42)34-22-25-39(45-27-34)49-37-23-20-29-11-6-8-16-35(29)40(37)41-36-17-9-7-12-30(36)21-24-38(41)49;1-3-13-28(14-4-1)38-42-39(29-15-5-2-6-16-29)44-40(43-38)30-21-24-35(41-25-30)45-33-22-19-26-11-7-9-17-31(26)36(33)37-32-18-10-8-12-27(32)20-23-34(37)45;1-3-11-24-22(9-1)17-19-30-33(24)34-25-12-4-2-10-23(25)18-20-31(34)39(30)32-21-37-35-28-15-7-5-13-26(28)27-14-6-8-16-29(27)36(35)38-32/h1-27H;1-25H;1-21H. The predicted octanol–water partition coefficient (Wildman–Crippen LogP) is 29.8. The molecule has 8 aromatic heterocycles. The lowest BCUT2D eigenvalue weighted by Crippen LogP contribution is -2.01. The van der Waals surface area contributed by atoms with E-state index >= 15 is 0 Å². The van der Waals surface area contributed by atoms with Crippen molar-refractivity contribution in [2.24, 2.45) is 0 Å². The van der Waals surface area contributed by atoms with Crippen molar-refractivity contribution < 1.29 is 0 Å². The van der Waals surface area contributed by atoms with Gasteiger partial charge in [-0.3, -0.25) is 18.7 Å². The highest BCUT2D eigenvalue weighted by atomic mass is 15.1. The van der Waals surface area contributed by atoms with E-state index in [2.05, 4.69) is 347 Å². The van der Waals surface area contributed by atoms with Crippen molar-refractivity contribution in [2.75, 3.05) is 0 Å². The fourth-order valence-corrected chi connectivity index (χ4v) is 20.0. The lowest BCUT2D eigenvalue weighted by molar-refractivity contribution is 1.05. The van der Waals surface area contributed by atoms with E-state index in [9.17, 15) is 0 Å². The van der Waals surface area contributed by atoms with Crippen molar-refractivity contribution in [3.05, 3.63) is 443 Å². The van der Waals surface area contributed by atoms with Crippen LogP contribution in [0.3, 0.4) is 0 Å². The Bertz CT molecular complexity index is 9220. The van der Waals surface area contributed by atoms with E-state index in [0.29, 0.717) is 34.9 Å². The highest BCUT2D eigenvalue weighted by Gasteiger charge is 2.25. The summed E-state index contributed by atoms with van der Waals surface area (Å²) < 4.78 is 6.84. The van der Waals surface area contributed by atoms with Crippen LogP contribution in [-0.2, 0) is 0 Å². The maximum Gasteiger partial charge on any atom is 0.165 e. The van der Waals surface area contributed by atoms with Crippen molar-refractivity contribution in [1.82, 2.24) is 63.5 Å². The van der Waals surface area contributed by atoms with Crippen molar-refractivity contribution in [3.8, 4) is 85.8 Å². The van der Waals surface area contributed by atoms with Gasteiger partial charge in [0.05, 0.1) is 50.3 Å². The number of fused-ring (bicyclic) bond motifs is 28. The van der Waals surface area contributed by atoms with E-state index in [1.807, 2.05) is 110 Å². The Kier molecular flexibility index (Phi) is 17.9. The molecule has 618 valence electrons. The molecule has 28 aromatic rings. The Balaban J connectivity index is 0.000000105. The third kappa shape index (κ3) is 12.8. The van der Waals surface area contributed by atoms with Crippen molar-refractivity contribution in [2.45, 2.75) is 0 Å². The van der Waals surface area contributed by atoms with Crippen LogP contribution in [-0.4, -0.2) is 63.5 Å². The molecule has 0 saturated carbocycles. The molecular formula is C120H73N13. The lowest BCUT2D eigenvalue weighted by atomic mass is 10.00. The highest BCUT2D eigenvalue weighted by Crippen LogP contribution is 2.46. The van der Waals surface area contributed by atoms with Crippen LogP contribution in [0.4, 0.5) is 0 Å². The van der Waals surface area contributed by atoms with Crippen LogP contribution in [0.2, 0.25) is 0 Å². The molecule has 0 fully saturated rings. The topological polar surface area (TPSA) is 144 Å². The van der Waals surface area contributed by atoms with E-state index in [0.717, 1.165) is 111 Å². The summed E-state index contributed by atoms with van der Waals surface area (Å²) in [6.45, 7) is 0. The quantitative estimate of drug-likeness (QED) is 0.128. The third-order valence-corrected chi connectivity index (χ3v) is 26.1. The molecule has 0 aliphatic carbocycles. The van der Waals surface area contributed by atoms with Crippen molar-refractivity contribution >= 4 is 173 Å². The minimum Gasteiger partial charge on any atom is -0.294 e. The van der Waals surface area contributed by atoms with Crippen LogP contribution in [0.15, 0.2) is 443 Å². The maximum absolute atomic E-state index is 5.36. The van der Waals surface area contributed by atoms with Gasteiger partial charge in [0.1, 0.15) is 11.6 Å². The molecule has 0 amide bonds. The van der Waals surface area contributed by atoms with Crippen LogP contribution in [0.5, 0.6) is 0 Å². The zero-order valence-corrected chi connectivity index (χ0v) is 71.5. The highest BCUT2D eigenvalue weighted by molar-refractivity contribution is 6.32. The van der Waals surface area contributed by atoms with Crippen molar-refractivity contribution in [3.63, 3.8) is 0 Å². The molecule has 13 nitrogen and oxygen atoms in total. The molecule has 0 aliphatic heterocycles. The van der Waals surface area contributed by atoms with Gasteiger partial charge in [-0.1, -0.05) is 358 Å². The fraction of sp³-hybridized carbons (Fsp3) is 0. The summed E-state index contributed by atoms with van der Waals surface area (Å²) in [5.74, 6) is 6.17. The number of nitrogens with zero attached hydrogens (tertiary/aromatic N) is 13. The molecule has 0 N–H and O–H groups in total. The Morgan fingerprint density at radius 2 is 0.391 bits per heavy atom. The van der Waals surface area contributed by atoms with E-state index < -0.39 is 0 Å². The molecule has 20 aromatic carbocycles. The third-order valence-electron chi connectivity index (χ3n) is 26.1. The second kappa shape index (κ2) is 31.4. The van der Waals surface area contributed by atoms with Gasteiger partial charge < -0.3 is 0 Å². The van der Waals surface area contributed by atoms with E-state index in [1.165, 1.54) is 113 Å². The number of aromatic nitrogens is 13. The zero-order valence-electron chi connectivity index (χ0n) is 71.5. The first-order valence-electron chi connectivity index (χ1n) is 44.7. The maximum atomic E-state index is 5.36.